The summed E-state index contributed by atoms with van der Waals surface area (Å²) >= 11 is 0. The molecule has 1 atom stereocenters. The monoisotopic (exact) mass is 217 g/mol. The Morgan fingerprint density at radius 1 is 1.12 bits per heavy atom. The van der Waals surface area contributed by atoms with Gasteiger partial charge in [0.1, 0.15) is 0 Å². The van der Waals surface area contributed by atoms with Gasteiger partial charge in [0.15, 0.2) is 0 Å². The zero-order chi connectivity index (χ0) is 12.1. The molecule has 1 unspecified atom stereocenters. The van der Waals surface area contributed by atoms with Crippen molar-refractivity contribution in [2.75, 3.05) is 33.1 Å². The Bertz CT molecular complexity index is 360. The van der Waals surface area contributed by atoms with Crippen molar-refractivity contribution in [2.45, 2.75) is 12.5 Å². The second kappa shape index (κ2) is 5.53. The number of hydrogen-bond donors (Lipinski definition) is 0. The topological polar surface area (TPSA) is 30.3 Å². The molecular weight excluding hydrogens is 198 g/mol. The standard InChI is InChI=1S/C13H19N3/c1-15(2)12-7-5-11(6-8-12)13(9-10-14)16(3)4/h5-8,13H,9H2,1-4H3. The molecule has 0 spiro atoms. The van der Waals surface area contributed by atoms with Crippen LogP contribution in [0.5, 0.6) is 0 Å². The quantitative estimate of drug-likeness (QED) is 0.775. The molecule has 3 nitrogen and oxygen atoms in total. The van der Waals surface area contributed by atoms with E-state index < -0.39 is 0 Å². The molecule has 0 aliphatic carbocycles. The van der Waals surface area contributed by atoms with Crippen LogP contribution in [0.25, 0.3) is 0 Å². The van der Waals surface area contributed by atoms with Crippen LogP contribution in [0.3, 0.4) is 0 Å². The first kappa shape index (κ1) is 12.5. The molecule has 0 radical (unpaired) electrons. The van der Waals surface area contributed by atoms with E-state index in [1.807, 2.05) is 28.2 Å². The van der Waals surface area contributed by atoms with Crippen LogP contribution in [0, 0.1) is 11.3 Å². The number of hydrogen-bond acceptors (Lipinski definition) is 3. The van der Waals surface area contributed by atoms with E-state index in [1.54, 1.807) is 0 Å². The van der Waals surface area contributed by atoms with Gasteiger partial charge in [-0.25, -0.2) is 0 Å². The summed E-state index contributed by atoms with van der Waals surface area (Å²) in [5, 5.41) is 8.80. The third kappa shape index (κ3) is 2.98. The average molecular weight is 217 g/mol. The minimum Gasteiger partial charge on any atom is -0.378 e. The summed E-state index contributed by atoms with van der Waals surface area (Å²) in [5.41, 5.74) is 2.37. The molecule has 1 rings (SSSR count). The van der Waals surface area contributed by atoms with Crippen molar-refractivity contribution in [3.63, 3.8) is 0 Å². The summed E-state index contributed by atoms with van der Waals surface area (Å²) in [5.74, 6) is 0. The lowest BCUT2D eigenvalue weighted by Gasteiger charge is -2.23. The van der Waals surface area contributed by atoms with Crippen LogP contribution in [-0.2, 0) is 0 Å². The van der Waals surface area contributed by atoms with E-state index in [0.717, 1.165) is 0 Å². The van der Waals surface area contributed by atoms with Gasteiger partial charge in [0, 0.05) is 25.8 Å². The number of nitriles is 1. The van der Waals surface area contributed by atoms with Gasteiger partial charge >= 0.3 is 0 Å². The predicted molar refractivity (Wildman–Crippen MR) is 67.4 cm³/mol. The molecule has 16 heavy (non-hydrogen) atoms. The van der Waals surface area contributed by atoms with Crippen molar-refractivity contribution in [1.82, 2.24) is 4.90 Å². The van der Waals surface area contributed by atoms with Crippen molar-refractivity contribution >= 4 is 5.69 Å². The van der Waals surface area contributed by atoms with Crippen LogP contribution >= 0.6 is 0 Å². The Balaban J connectivity index is 2.90. The van der Waals surface area contributed by atoms with Crippen molar-refractivity contribution in [3.05, 3.63) is 29.8 Å². The van der Waals surface area contributed by atoms with Crippen LogP contribution in [0.15, 0.2) is 24.3 Å². The molecule has 1 aromatic rings. The van der Waals surface area contributed by atoms with Crippen molar-refractivity contribution in [2.24, 2.45) is 0 Å². The van der Waals surface area contributed by atoms with E-state index in [9.17, 15) is 0 Å². The molecule has 86 valence electrons. The van der Waals surface area contributed by atoms with Gasteiger partial charge in [-0.05, 0) is 31.8 Å². The molecule has 0 N–H and O–H groups in total. The van der Waals surface area contributed by atoms with E-state index in [0.29, 0.717) is 6.42 Å². The van der Waals surface area contributed by atoms with E-state index in [2.05, 4.69) is 40.1 Å². The first-order valence-electron chi connectivity index (χ1n) is 5.37. The van der Waals surface area contributed by atoms with Crippen LogP contribution in [0.4, 0.5) is 5.69 Å². The number of anilines is 1. The number of rotatable bonds is 4. The van der Waals surface area contributed by atoms with E-state index in [4.69, 9.17) is 5.26 Å². The average Bonchev–Trinajstić information content (AvgIpc) is 2.25. The minimum absolute atomic E-state index is 0.182. The Morgan fingerprint density at radius 2 is 1.69 bits per heavy atom. The highest BCUT2D eigenvalue weighted by atomic mass is 15.1. The zero-order valence-electron chi connectivity index (χ0n) is 10.4. The van der Waals surface area contributed by atoms with Crippen molar-refractivity contribution in [1.29, 1.82) is 5.26 Å². The molecule has 0 fully saturated rings. The van der Waals surface area contributed by atoms with Crippen LogP contribution in [0.1, 0.15) is 18.0 Å². The fraction of sp³-hybridized carbons (Fsp3) is 0.462. The minimum atomic E-state index is 0.182. The van der Waals surface area contributed by atoms with Crippen molar-refractivity contribution in [3.8, 4) is 6.07 Å². The van der Waals surface area contributed by atoms with Gasteiger partial charge in [-0.2, -0.15) is 5.26 Å². The summed E-state index contributed by atoms with van der Waals surface area (Å²) in [6, 6.07) is 10.8. The maximum absolute atomic E-state index is 8.80. The molecule has 0 aliphatic rings. The summed E-state index contributed by atoms with van der Waals surface area (Å²) < 4.78 is 0. The van der Waals surface area contributed by atoms with Gasteiger partial charge in [-0.3, -0.25) is 0 Å². The molecule has 0 amide bonds. The highest BCUT2D eigenvalue weighted by Gasteiger charge is 2.13. The zero-order valence-corrected chi connectivity index (χ0v) is 10.4. The maximum Gasteiger partial charge on any atom is 0.0641 e. The number of benzene rings is 1. The molecule has 0 bridgehead atoms. The highest BCUT2D eigenvalue weighted by Crippen LogP contribution is 2.23. The normalized spacial score (nSPS) is 12.2. The molecule has 3 heteroatoms. The number of nitrogens with zero attached hydrogens (tertiary/aromatic N) is 3. The van der Waals surface area contributed by atoms with Gasteiger partial charge in [0.05, 0.1) is 12.5 Å². The molecule has 0 saturated carbocycles. The van der Waals surface area contributed by atoms with E-state index in [1.165, 1.54) is 11.3 Å². The summed E-state index contributed by atoms with van der Waals surface area (Å²) in [6.07, 6.45) is 0.522. The maximum atomic E-state index is 8.80. The SMILES string of the molecule is CN(C)c1ccc(C(CC#N)N(C)C)cc1. The van der Waals surface area contributed by atoms with Crippen LogP contribution in [0.2, 0.25) is 0 Å². The Morgan fingerprint density at radius 3 is 2.06 bits per heavy atom. The molecule has 0 aliphatic heterocycles. The summed E-state index contributed by atoms with van der Waals surface area (Å²) in [6.45, 7) is 0. The van der Waals surface area contributed by atoms with Gasteiger partial charge < -0.3 is 9.80 Å². The summed E-state index contributed by atoms with van der Waals surface area (Å²) in [7, 11) is 8.05. The van der Waals surface area contributed by atoms with Crippen molar-refractivity contribution < 1.29 is 0 Å². The van der Waals surface area contributed by atoms with Gasteiger partial charge in [-0.1, -0.05) is 12.1 Å². The molecular formula is C13H19N3. The predicted octanol–water partition coefficient (Wildman–Crippen LogP) is 2.27. The Hall–Kier alpha value is -1.53. The Kier molecular flexibility index (Phi) is 4.33. The fourth-order valence-corrected chi connectivity index (χ4v) is 1.68. The molecule has 0 heterocycles. The smallest absolute Gasteiger partial charge is 0.0641 e. The molecule has 0 aromatic heterocycles. The molecule has 0 saturated heterocycles. The van der Waals surface area contributed by atoms with Crippen LogP contribution < -0.4 is 4.90 Å². The second-order valence-electron chi connectivity index (χ2n) is 4.33. The summed E-state index contributed by atoms with van der Waals surface area (Å²) in [4.78, 5) is 4.15. The largest absolute Gasteiger partial charge is 0.378 e. The van der Waals surface area contributed by atoms with Gasteiger partial charge in [0.2, 0.25) is 0 Å². The third-order valence-electron chi connectivity index (χ3n) is 2.70. The Labute approximate surface area is 97.9 Å². The van der Waals surface area contributed by atoms with Gasteiger partial charge in [-0.15, -0.1) is 0 Å². The first-order valence-corrected chi connectivity index (χ1v) is 5.37. The highest BCUT2D eigenvalue weighted by molar-refractivity contribution is 5.46. The fourth-order valence-electron chi connectivity index (χ4n) is 1.68. The third-order valence-corrected chi connectivity index (χ3v) is 2.70. The van der Waals surface area contributed by atoms with E-state index in [-0.39, 0.29) is 6.04 Å². The lowest BCUT2D eigenvalue weighted by Crippen LogP contribution is -2.19. The van der Waals surface area contributed by atoms with Gasteiger partial charge in [0.25, 0.3) is 0 Å². The first-order chi connectivity index (χ1) is 7.56. The van der Waals surface area contributed by atoms with E-state index >= 15 is 0 Å². The molecule has 1 aromatic carbocycles. The lowest BCUT2D eigenvalue weighted by molar-refractivity contribution is 0.303. The lowest BCUT2D eigenvalue weighted by atomic mass is 10.0. The second-order valence-corrected chi connectivity index (χ2v) is 4.33. The van der Waals surface area contributed by atoms with Crippen LogP contribution in [-0.4, -0.2) is 33.1 Å².